The molecule has 2 aromatic carbocycles. The van der Waals surface area contributed by atoms with Crippen molar-refractivity contribution in [2.75, 3.05) is 38.1 Å². The van der Waals surface area contributed by atoms with Crippen LogP contribution in [0.1, 0.15) is 30.4 Å². The van der Waals surface area contributed by atoms with Crippen LogP contribution in [0.15, 0.2) is 41.3 Å². The number of sulfonamides is 1. The number of anilines is 1. The molecule has 2 fully saturated rings. The largest absolute Gasteiger partial charge is 0.495 e. The maximum Gasteiger partial charge on any atom is 0.415 e. The number of morpholine rings is 1. The highest BCUT2D eigenvalue weighted by Crippen LogP contribution is 2.53. The molecule has 0 radical (unpaired) electrons. The molecule has 3 aliphatic rings. The molecule has 1 saturated carbocycles. The number of carbonyl (C=O) groups is 2. The summed E-state index contributed by atoms with van der Waals surface area (Å²) in [5.74, 6) is 0.506. The summed E-state index contributed by atoms with van der Waals surface area (Å²) in [7, 11) is -2.60. The summed E-state index contributed by atoms with van der Waals surface area (Å²) >= 11 is 0. The molecule has 1 saturated heterocycles. The predicted octanol–water partition coefficient (Wildman–Crippen LogP) is 2.87. The minimum atomic E-state index is -4.01. The van der Waals surface area contributed by atoms with E-state index in [4.69, 9.17) is 14.2 Å². The van der Waals surface area contributed by atoms with Crippen molar-refractivity contribution in [3.63, 3.8) is 0 Å². The van der Waals surface area contributed by atoms with Gasteiger partial charge in [0.2, 0.25) is 0 Å². The molecule has 2 aliphatic carbocycles. The first kappa shape index (κ1) is 22.7. The van der Waals surface area contributed by atoms with Gasteiger partial charge in [0.15, 0.2) is 0 Å². The Hall–Kier alpha value is -3.11. The van der Waals surface area contributed by atoms with Crippen LogP contribution >= 0.6 is 0 Å². The van der Waals surface area contributed by atoms with Crippen LogP contribution in [0.5, 0.6) is 11.5 Å². The summed E-state index contributed by atoms with van der Waals surface area (Å²) in [4.78, 5) is 27.3. The Bertz CT molecular complexity index is 1250. The number of nitrogens with zero attached hydrogens (tertiary/aromatic N) is 1. The molecule has 1 amide bonds. The van der Waals surface area contributed by atoms with Gasteiger partial charge in [-0.1, -0.05) is 18.6 Å². The number of benzene rings is 2. The monoisotopic (exact) mass is 486 g/mol. The fraction of sp³-hybridized carbons (Fsp3) is 0.417. The molecule has 1 N–H and O–H groups in total. The first-order chi connectivity index (χ1) is 16.3. The van der Waals surface area contributed by atoms with Crippen molar-refractivity contribution >= 4 is 27.6 Å². The maximum absolute atomic E-state index is 13.2. The second-order valence-corrected chi connectivity index (χ2v) is 10.4. The van der Waals surface area contributed by atoms with Crippen molar-refractivity contribution in [3.8, 4) is 11.5 Å². The Labute approximate surface area is 198 Å². The van der Waals surface area contributed by atoms with Gasteiger partial charge in [0.1, 0.15) is 22.2 Å². The second-order valence-electron chi connectivity index (χ2n) is 8.76. The predicted molar refractivity (Wildman–Crippen MR) is 123 cm³/mol. The van der Waals surface area contributed by atoms with E-state index in [0.29, 0.717) is 44.7 Å². The van der Waals surface area contributed by atoms with Gasteiger partial charge in [-0.05, 0) is 36.6 Å². The maximum atomic E-state index is 13.2. The number of methoxy groups -OCH3 is 1. The summed E-state index contributed by atoms with van der Waals surface area (Å²) in [5.41, 5.74) is 1.01. The first-order valence-corrected chi connectivity index (χ1v) is 12.7. The van der Waals surface area contributed by atoms with Crippen LogP contribution in [0.25, 0.3) is 0 Å². The third-order valence-corrected chi connectivity index (χ3v) is 8.30. The smallest absolute Gasteiger partial charge is 0.415 e. The van der Waals surface area contributed by atoms with Crippen LogP contribution in [0.3, 0.4) is 0 Å². The molecular formula is C24H26N2O7S. The van der Waals surface area contributed by atoms with Crippen molar-refractivity contribution in [2.45, 2.75) is 36.0 Å². The van der Waals surface area contributed by atoms with Crippen LogP contribution < -0.4 is 14.2 Å². The van der Waals surface area contributed by atoms with E-state index in [1.54, 1.807) is 24.3 Å². The summed E-state index contributed by atoms with van der Waals surface area (Å²) < 4.78 is 45.2. The highest BCUT2D eigenvalue weighted by Gasteiger charge is 2.51. The van der Waals surface area contributed by atoms with E-state index in [0.717, 1.165) is 12.0 Å². The van der Waals surface area contributed by atoms with Gasteiger partial charge in [-0.3, -0.25) is 9.52 Å². The van der Waals surface area contributed by atoms with Gasteiger partial charge in [-0.15, -0.1) is 0 Å². The third kappa shape index (κ3) is 3.80. The highest BCUT2D eigenvalue weighted by atomic mass is 32.2. The molecule has 5 rings (SSSR count). The third-order valence-electron chi connectivity index (χ3n) is 6.88. The van der Waals surface area contributed by atoms with E-state index < -0.39 is 21.5 Å². The Morgan fingerprint density at radius 1 is 1.12 bits per heavy atom. The number of ether oxygens (including phenoxy) is 3. The van der Waals surface area contributed by atoms with Crippen LogP contribution in [0.2, 0.25) is 0 Å². The number of carbonyl (C=O) groups excluding carboxylic acids is 2. The Morgan fingerprint density at radius 3 is 2.53 bits per heavy atom. The Balaban J connectivity index is 1.53. The van der Waals surface area contributed by atoms with Crippen molar-refractivity contribution in [3.05, 3.63) is 47.5 Å². The number of amides is 1. The van der Waals surface area contributed by atoms with Crippen molar-refractivity contribution in [2.24, 2.45) is 0 Å². The van der Waals surface area contributed by atoms with Crippen molar-refractivity contribution in [1.82, 2.24) is 4.90 Å². The van der Waals surface area contributed by atoms with Crippen molar-refractivity contribution in [1.29, 1.82) is 0 Å². The van der Waals surface area contributed by atoms with Gasteiger partial charge >= 0.3 is 6.09 Å². The average Bonchev–Trinajstić information content (AvgIpc) is 3.11. The van der Waals surface area contributed by atoms with Gasteiger partial charge in [0, 0.05) is 31.1 Å². The number of nitrogens with one attached hydrogen (secondary N) is 1. The van der Waals surface area contributed by atoms with Crippen LogP contribution in [-0.4, -0.2) is 58.6 Å². The van der Waals surface area contributed by atoms with E-state index in [1.807, 2.05) is 0 Å². The molecule has 10 heteroatoms. The number of ketones is 1. The number of fused-ring (bicyclic) bond motifs is 2. The second kappa shape index (κ2) is 8.59. The van der Waals surface area contributed by atoms with Gasteiger partial charge in [0.25, 0.3) is 10.0 Å². The molecule has 0 aromatic heterocycles. The van der Waals surface area contributed by atoms with Gasteiger partial charge in [0.05, 0.1) is 31.4 Å². The molecule has 1 heterocycles. The van der Waals surface area contributed by atoms with E-state index in [1.165, 1.54) is 24.1 Å². The molecule has 1 spiro atoms. The zero-order chi connectivity index (χ0) is 23.9. The summed E-state index contributed by atoms with van der Waals surface area (Å²) in [6.07, 6.45) is 1.96. The minimum absolute atomic E-state index is 0.0145. The molecule has 2 aromatic rings. The number of hydrogen-bond acceptors (Lipinski definition) is 7. The lowest BCUT2D eigenvalue weighted by molar-refractivity contribution is -0.125. The lowest BCUT2D eigenvalue weighted by Gasteiger charge is -2.37. The average molecular weight is 487 g/mol. The van der Waals surface area contributed by atoms with Gasteiger partial charge < -0.3 is 19.1 Å². The molecule has 1 aliphatic heterocycles. The lowest BCUT2D eigenvalue weighted by Crippen LogP contribution is -2.42. The van der Waals surface area contributed by atoms with E-state index in [-0.39, 0.29) is 34.3 Å². The zero-order valence-electron chi connectivity index (χ0n) is 18.8. The quantitative estimate of drug-likeness (QED) is 0.692. The first-order valence-electron chi connectivity index (χ1n) is 11.3. The molecule has 0 unspecified atom stereocenters. The molecule has 180 valence electrons. The summed E-state index contributed by atoms with van der Waals surface area (Å²) in [5, 5.41) is 0. The van der Waals surface area contributed by atoms with Gasteiger partial charge in [-0.25, -0.2) is 13.2 Å². The van der Waals surface area contributed by atoms with E-state index >= 15 is 0 Å². The lowest BCUT2D eigenvalue weighted by atomic mass is 9.64. The summed E-state index contributed by atoms with van der Waals surface area (Å²) in [6, 6.07) is 9.49. The SMILES string of the molecule is COc1ccccc1S(=O)(=O)Nc1cc(OC(=O)N2CCOCC2)c2c(c1)C1(CCC1)C(=O)C2. The molecular weight excluding hydrogens is 460 g/mol. The van der Waals surface area contributed by atoms with Gasteiger partial charge in [-0.2, -0.15) is 0 Å². The summed E-state index contributed by atoms with van der Waals surface area (Å²) in [6.45, 7) is 1.66. The normalized spacial score (nSPS) is 18.9. The highest BCUT2D eigenvalue weighted by molar-refractivity contribution is 7.92. The molecule has 0 bridgehead atoms. The minimum Gasteiger partial charge on any atom is -0.495 e. The van der Waals surface area contributed by atoms with E-state index in [2.05, 4.69) is 4.72 Å². The fourth-order valence-electron chi connectivity index (χ4n) is 4.92. The van der Waals surface area contributed by atoms with Crippen LogP contribution in [0.4, 0.5) is 10.5 Å². The number of rotatable bonds is 5. The van der Waals surface area contributed by atoms with Crippen molar-refractivity contribution < 1.29 is 32.2 Å². The zero-order valence-corrected chi connectivity index (χ0v) is 19.7. The topological polar surface area (TPSA) is 111 Å². The Kier molecular flexibility index (Phi) is 5.73. The fourth-order valence-corrected chi connectivity index (χ4v) is 6.13. The standard InChI is InChI=1S/C24H26N2O7S/c1-31-19-5-2-3-6-21(19)34(29,30)25-16-13-18-17(15-22(27)24(18)7-4-8-24)20(14-16)33-23(28)26-9-11-32-12-10-26/h2-3,5-6,13-14,25H,4,7-12,15H2,1H3. The Morgan fingerprint density at radius 2 is 1.85 bits per heavy atom. The van der Waals surface area contributed by atoms with Crippen LogP contribution in [-0.2, 0) is 31.4 Å². The molecule has 34 heavy (non-hydrogen) atoms. The number of para-hydroxylation sites is 1. The molecule has 9 nitrogen and oxygen atoms in total. The molecule has 0 atom stereocenters. The number of hydrogen-bond donors (Lipinski definition) is 1. The van der Waals surface area contributed by atoms with E-state index in [9.17, 15) is 18.0 Å². The van der Waals surface area contributed by atoms with Crippen LogP contribution in [0, 0.1) is 0 Å². The number of Topliss-reactive ketones (excluding diaryl/α,β-unsaturated/α-hetero) is 1.